The molecule has 0 spiro atoms. The van der Waals surface area contributed by atoms with Crippen molar-refractivity contribution < 1.29 is 13.2 Å². The molecule has 2 rings (SSSR count). The second kappa shape index (κ2) is 6.35. The summed E-state index contributed by atoms with van der Waals surface area (Å²) in [5, 5.41) is 2.80. The van der Waals surface area contributed by atoms with Gasteiger partial charge in [0.05, 0.1) is 0 Å². The van der Waals surface area contributed by atoms with Crippen LogP contribution in [0.25, 0.3) is 0 Å². The van der Waals surface area contributed by atoms with Crippen molar-refractivity contribution in [2.24, 2.45) is 5.92 Å². The lowest BCUT2D eigenvalue weighted by Gasteiger charge is -2.29. The van der Waals surface area contributed by atoms with E-state index < -0.39 is 21.5 Å². The summed E-state index contributed by atoms with van der Waals surface area (Å²) in [6.07, 6.45) is 5.69. The van der Waals surface area contributed by atoms with Crippen LogP contribution in [0.2, 0.25) is 0 Å². The number of amides is 1. The van der Waals surface area contributed by atoms with Gasteiger partial charge in [0.1, 0.15) is 5.75 Å². The lowest BCUT2D eigenvalue weighted by molar-refractivity contribution is -0.119. The summed E-state index contributed by atoms with van der Waals surface area (Å²) < 4.78 is 24.1. The standard InChI is InChI=1S/C14H20N2O3S/c1-11-6-2-3-7-12(11)16-13(17)10-20(18,19)14-8-4-5-9-15-14/h4-5,8-9,11-12H,2-3,6-7,10H2,1H3,(H,16,17). The summed E-state index contributed by atoms with van der Waals surface area (Å²) in [5.41, 5.74) is 0. The summed E-state index contributed by atoms with van der Waals surface area (Å²) in [7, 11) is -3.65. The van der Waals surface area contributed by atoms with Gasteiger partial charge >= 0.3 is 0 Å². The van der Waals surface area contributed by atoms with Gasteiger partial charge in [0.25, 0.3) is 0 Å². The summed E-state index contributed by atoms with van der Waals surface area (Å²) in [6.45, 7) is 2.09. The summed E-state index contributed by atoms with van der Waals surface area (Å²) in [4.78, 5) is 15.7. The van der Waals surface area contributed by atoms with Gasteiger partial charge in [0.2, 0.25) is 15.7 Å². The summed E-state index contributed by atoms with van der Waals surface area (Å²) in [5.74, 6) is -0.563. The van der Waals surface area contributed by atoms with E-state index in [0.29, 0.717) is 5.92 Å². The van der Waals surface area contributed by atoms with Gasteiger partial charge in [-0.2, -0.15) is 0 Å². The minimum atomic E-state index is -3.65. The van der Waals surface area contributed by atoms with Crippen LogP contribution in [0.5, 0.6) is 0 Å². The number of nitrogens with one attached hydrogen (secondary N) is 1. The highest BCUT2D eigenvalue weighted by Crippen LogP contribution is 2.23. The SMILES string of the molecule is CC1CCCCC1NC(=O)CS(=O)(=O)c1ccccn1. The fourth-order valence-corrected chi connectivity index (χ4v) is 3.64. The fraction of sp³-hybridized carbons (Fsp3) is 0.571. The molecule has 2 unspecified atom stereocenters. The molecule has 6 heteroatoms. The molecule has 1 amide bonds. The van der Waals surface area contributed by atoms with Crippen molar-refractivity contribution in [3.8, 4) is 0 Å². The second-order valence-electron chi connectivity index (χ2n) is 5.36. The predicted octanol–water partition coefficient (Wildman–Crippen LogP) is 1.55. The Balaban J connectivity index is 1.97. The van der Waals surface area contributed by atoms with E-state index in [1.807, 2.05) is 0 Å². The largest absolute Gasteiger partial charge is 0.352 e. The van der Waals surface area contributed by atoms with E-state index in [9.17, 15) is 13.2 Å². The lowest BCUT2D eigenvalue weighted by Crippen LogP contribution is -2.43. The number of carbonyl (C=O) groups is 1. The van der Waals surface area contributed by atoms with Crippen molar-refractivity contribution in [1.82, 2.24) is 10.3 Å². The molecule has 1 aromatic rings. The molecule has 1 N–H and O–H groups in total. The molecule has 0 aliphatic heterocycles. The normalized spacial score (nSPS) is 23.2. The fourth-order valence-electron chi connectivity index (χ4n) is 2.56. The maximum absolute atomic E-state index is 12.0. The number of rotatable bonds is 4. The van der Waals surface area contributed by atoms with E-state index in [1.54, 1.807) is 12.1 Å². The zero-order valence-corrected chi connectivity index (χ0v) is 12.4. The highest BCUT2D eigenvalue weighted by atomic mass is 32.2. The van der Waals surface area contributed by atoms with Crippen molar-refractivity contribution in [2.75, 3.05) is 5.75 Å². The molecule has 2 atom stereocenters. The molecule has 0 bridgehead atoms. The van der Waals surface area contributed by atoms with Gasteiger partial charge in [-0.1, -0.05) is 25.8 Å². The highest BCUT2D eigenvalue weighted by molar-refractivity contribution is 7.92. The van der Waals surface area contributed by atoms with Crippen molar-refractivity contribution in [1.29, 1.82) is 0 Å². The summed E-state index contributed by atoms with van der Waals surface area (Å²) in [6, 6.07) is 4.74. The number of aromatic nitrogens is 1. The number of hydrogen-bond donors (Lipinski definition) is 1. The molecule has 1 aromatic heterocycles. The topological polar surface area (TPSA) is 76.1 Å². The molecule has 0 aromatic carbocycles. The predicted molar refractivity (Wildman–Crippen MR) is 75.9 cm³/mol. The van der Waals surface area contributed by atoms with Crippen LogP contribution < -0.4 is 5.32 Å². The van der Waals surface area contributed by atoms with Gasteiger partial charge in [-0.15, -0.1) is 0 Å². The minimum Gasteiger partial charge on any atom is -0.352 e. The third-order valence-electron chi connectivity index (χ3n) is 3.74. The molecule has 1 heterocycles. The molecule has 20 heavy (non-hydrogen) atoms. The monoisotopic (exact) mass is 296 g/mol. The van der Waals surface area contributed by atoms with Crippen LogP contribution in [-0.4, -0.2) is 31.1 Å². The number of nitrogens with zero attached hydrogens (tertiary/aromatic N) is 1. The molecule has 0 saturated heterocycles. The first-order valence-electron chi connectivity index (χ1n) is 6.92. The average Bonchev–Trinajstić information content (AvgIpc) is 2.42. The molecule has 1 aliphatic carbocycles. The molecule has 5 nitrogen and oxygen atoms in total. The van der Waals surface area contributed by atoms with Crippen LogP contribution in [0, 0.1) is 5.92 Å². The van der Waals surface area contributed by atoms with Crippen LogP contribution in [0.1, 0.15) is 32.6 Å². The molecule has 1 fully saturated rings. The third kappa shape index (κ3) is 3.79. The van der Waals surface area contributed by atoms with Crippen LogP contribution in [0.3, 0.4) is 0 Å². The van der Waals surface area contributed by atoms with Gasteiger partial charge in [0, 0.05) is 12.2 Å². The highest BCUT2D eigenvalue weighted by Gasteiger charge is 2.26. The number of sulfone groups is 1. The number of pyridine rings is 1. The van der Waals surface area contributed by atoms with Gasteiger partial charge in [-0.3, -0.25) is 4.79 Å². The molecule has 110 valence electrons. The first-order chi connectivity index (χ1) is 9.49. The van der Waals surface area contributed by atoms with Crippen molar-refractivity contribution >= 4 is 15.7 Å². The second-order valence-corrected chi connectivity index (χ2v) is 7.30. The van der Waals surface area contributed by atoms with E-state index in [2.05, 4.69) is 17.2 Å². The zero-order chi connectivity index (χ0) is 14.6. The van der Waals surface area contributed by atoms with E-state index in [0.717, 1.165) is 19.3 Å². The Morgan fingerprint density at radius 1 is 1.35 bits per heavy atom. The smallest absolute Gasteiger partial charge is 0.235 e. The quantitative estimate of drug-likeness (QED) is 0.914. The van der Waals surface area contributed by atoms with Gasteiger partial charge < -0.3 is 5.32 Å². The first kappa shape index (κ1) is 15.0. The number of hydrogen-bond acceptors (Lipinski definition) is 4. The Morgan fingerprint density at radius 3 is 2.75 bits per heavy atom. The van der Waals surface area contributed by atoms with E-state index in [-0.39, 0.29) is 11.1 Å². The van der Waals surface area contributed by atoms with Crippen LogP contribution in [0.15, 0.2) is 29.4 Å². The van der Waals surface area contributed by atoms with Crippen LogP contribution in [-0.2, 0) is 14.6 Å². The van der Waals surface area contributed by atoms with E-state index in [4.69, 9.17) is 0 Å². The zero-order valence-electron chi connectivity index (χ0n) is 11.6. The minimum absolute atomic E-state index is 0.0492. The van der Waals surface area contributed by atoms with E-state index in [1.165, 1.54) is 18.7 Å². The average molecular weight is 296 g/mol. The third-order valence-corrected chi connectivity index (χ3v) is 5.26. The van der Waals surface area contributed by atoms with E-state index >= 15 is 0 Å². The molecule has 1 aliphatic rings. The molecular formula is C14H20N2O3S. The van der Waals surface area contributed by atoms with Gasteiger partial charge in [-0.05, 0) is 30.9 Å². The van der Waals surface area contributed by atoms with Gasteiger partial charge in [-0.25, -0.2) is 13.4 Å². The Kier molecular flexibility index (Phi) is 4.75. The molecular weight excluding hydrogens is 276 g/mol. The lowest BCUT2D eigenvalue weighted by atomic mass is 9.86. The van der Waals surface area contributed by atoms with Crippen molar-refractivity contribution in [3.05, 3.63) is 24.4 Å². The molecule has 0 radical (unpaired) electrons. The molecule has 1 saturated carbocycles. The van der Waals surface area contributed by atoms with Gasteiger partial charge in [0.15, 0.2) is 5.03 Å². The van der Waals surface area contributed by atoms with Crippen molar-refractivity contribution in [2.45, 2.75) is 43.7 Å². The summed E-state index contributed by atoms with van der Waals surface area (Å²) >= 11 is 0. The van der Waals surface area contributed by atoms with Crippen LogP contribution in [0.4, 0.5) is 0 Å². The van der Waals surface area contributed by atoms with Crippen LogP contribution >= 0.6 is 0 Å². The Hall–Kier alpha value is -1.43. The maximum Gasteiger partial charge on any atom is 0.235 e. The number of carbonyl (C=O) groups excluding carboxylic acids is 1. The maximum atomic E-state index is 12.0. The van der Waals surface area contributed by atoms with Crippen molar-refractivity contribution in [3.63, 3.8) is 0 Å². The Labute approximate surface area is 119 Å². The first-order valence-corrected chi connectivity index (χ1v) is 8.57. The Bertz CT molecular complexity index is 557. The Morgan fingerprint density at radius 2 is 2.10 bits per heavy atom.